The molecular weight excluding hydrogens is 180 g/mol. The number of nitrogens with two attached hydrogens (primary N) is 1. The van der Waals surface area contributed by atoms with Gasteiger partial charge in [0.15, 0.2) is 5.84 Å². The Bertz CT molecular complexity index is 360. The zero-order chi connectivity index (χ0) is 10.7. The Kier molecular flexibility index (Phi) is 2.91. The zero-order valence-corrected chi connectivity index (χ0v) is 8.52. The molecule has 1 rings (SSSR count). The SMILES string of the molecule is Cc1ccnc(N(C)C)c1/C(N)=N/O. The van der Waals surface area contributed by atoms with Gasteiger partial charge in [0.1, 0.15) is 5.82 Å². The van der Waals surface area contributed by atoms with Crippen LogP contribution in [0.2, 0.25) is 0 Å². The van der Waals surface area contributed by atoms with Crippen molar-refractivity contribution in [1.29, 1.82) is 0 Å². The van der Waals surface area contributed by atoms with Crippen LogP contribution in [-0.2, 0) is 0 Å². The Morgan fingerprint density at radius 3 is 2.71 bits per heavy atom. The summed E-state index contributed by atoms with van der Waals surface area (Å²) < 4.78 is 0. The van der Waals surface area contributed by atoms with Gasteiger partial charge < -0.3 is 15.8 Å². The fourth-order valence-corrected chi connectivity index (χ4v) is 1.25. The van der Waals surface area contributed by atoms with Crippen LogP contribution in [0, 0.1) is 6.92 Å². The van der Waals surface area contributed by atoms with E-state index in [9.17, 15) is 0 Å². The highest BCUT2D eigenvalue weighted by atomic mass is 16.4. The lowest BCUT2D eigenvalue weighted by Crippen LogP contribution is -2.22. The lowest BCUT2D eigenvalue weighted by molar-refractivity contribution is 0.318. The fourth-order valence-electron chi connectivity index (χ4n) is 1.25. The highest BCUT2D eigenvalue weighted by Crippen LogP contribution is 2.18. The monoisotopic (exact) mass is 194 g/mol. The van der Waals surface area contributed by atoms with Crippen molar-refractivity contribution in [2.75, 3.05) is 19.0 Å². The molecule has 5 nitrogen and oxygen atoms in total. The molecule has 5 heteroatoms. The third-order valence-corrected chi connectivity index (χ3v) is 1.93. The van der Waals surface area contributed by atoms with Gasteiger partial charge in [-0.05, 0) is 18.6 Å². The molecule has 1 aromatic heterocycles. The third-order valence-electron chi connectivity index (χ3n) is 1.93. The van der Waals surface area contributed by atoms with Gasteiger partial charge in [-0.15, -0.1) is 0 Å². The van der Waals surface area contributed by atoms with Crippen LogP contribution in [0.3, 0.4) is 0 Å². The summed E-state index contributed by atoms with van der Waals surface area (Å²) in [6.07, 6.45) is 1.69. The highest BCUT2D eigenvalue weighted by molar-refractivity contribution is 6.02. The van der Waals surface area contributed by atoms with Crippen molar-refractivity contribution < 1.29 is 5.21 Å². The number of pyridine rings is 1. The molecule has 0 aliphatic rings. The van der Waals surface area contributed by atoms with E-state index < -0.39 is 0 Å². The molecule has 0 atom stereocenters. The number of oxime groups is 1. The number of anilines is 1. The van der Waals surface area contributed by atoms with Crippen molar-refractivity contribution in [1.82, 2.24) is 4.98 Å². The van der Waals surface area contributed by atoms with Crippen molar-refractivity contribution in [3.8, 4) is 0 Å². The van der Waals surface area contributed by atoms with Crippen LogP contribution in [0.1, 0.15) is 11.1 Å². The highest BCUT2D eigenvalue weighted by Gasteiger charge is 2.12. The quantitative estimate of drug-likeness (QED) is 0.312. The molecule has 0 unspecified atom stereocenters. The Morgan fingerprint density at radius 1 is 1.57 bits per heavy atom. The molecule has 0 spiro atoms. The normalized spacial score (nSPS) is 11.5. The third kappa shape index (κ3) is 1.76. The van der Waals surface area contributed by atoms with E-state index >= 15 is 0 Å². The first kappa shape index (κ1) is 10.3. The molecule has 3 N–H and O–H groups in total. The molecule has 1 aromatic rings. The van der Waals surface area contributed by atoms with E-state index in [4.69, 9.17) is 10.9 Å². The Hall–Kier alpha value is -1.78. The van der Waals surface area contributed by atoms with E-state index in [1.807, 2.05) is 32.0 Å². The summed E-state index contributed by atoms with van der Waals surface area (Å²) in [6.45, 7) is 1.89. The smallest absolute Gasteiger partial charge is 0.174 e. The molecule has 0 radical (unpaired) electrons. The summed E-state index contributed by atoms with van der Waals surface area (Å²) in [6, 6.07) is 1.82. The molecule has 0 aromatic carbocycles. The minimum absolute atomic E-state index is 0.0827. The maximum Gasteiger partial charge on any atom is 0.174 e. The second kappa shape index (κ2) is 3.95. The van der Waals surface area contributed by atoms with Crippen LogP contribution in [0.4, 0.5) is 5.82 Å². The Morgan fingerprint density at radius 2 is 2.21 bits per heavy atom. The fraction of sp³-hybridized carbons (Fsp3) is 0.333. The van der Waals surface area contributed by atoms with E-state index in [0.29, 0.717) is 11.4 Å². The molecule has 76 valence electrons. The number of hydrogen-bond donors (Lipinski definition) is 2. The number of rotatable bonds is 2. The van der Waals surface area contributed by atoms with E-state index in [0.717, 1.165) is 5.56 Å². The van der Waals surface area contributed by atoms with Crippen LogP contribution in [0.25, 0.3) is 0 Å². The lowest BCUT2D eigenvalue weighted by Gasteiger charge is -2.16. The van der Waals surface area contributed by atoms with Crippen molar-refractivity contribution >= 4 is 11.7 Å². The number of amidine groups is 1. The van der Waals surface area contributed by atoms with Gasteiger partial charge in [0, 0.05) is 20.3 Å². The van der Waals surface area contributed by atoms with E-state index in [1.54, 1.807) is 6.20 Å². The van der Waals surface area contributed by atoms with Crippen LogP contribution < -0.4 is 10.6 Å². The van der Waals surface area contributed by atoms with Gasteiger partial charge in [-0.1, -0.05) is 5.16 Å². The van der Waals surface area contributed by atoms with Gasteiger partial charge >= 0.3 is 0 Å². The van der Waals surface area contributed by atoms with Gasteiger partial charge in [0.2, 0.25) is 0 Å². The average molecular weight is 194 g/mol. The first-order valence-corrected chi connectivity index (χ1v) is 4.18. The summed E-state index contributed by atoms with van der Waals surface area (Å²) >= 11 is 0. The average Bonchev–Trinajstić information content (AvgIpc) is 2.16. The number of aryl methyl sites for hydroxylation is 1. The van der Waals surface area contributed by atoms with E-state index in [1.165, 1.54) is 0 Å². The number of aromatic nitrogens is 1. The largest absolute Gasteiger partial charge is 0.409 e. The van der Waals surface area contributed by atoms with E-state index in [2.05, 4.69) is 10.1 Å². The zero-order valence-electron chi connectivity index (χ0n) is 8.52. The molecule has 0 saturated heterocycles. The first-order valence-electron chi connectivity index (χ1n) is 4.18. The minimum atomic E-state index is 0.0827. The first-order chi connectivity index (χ1) is 6.57. The van der Waals surface area contributed by atoms with Gasteiger partial charge in [-0.25, -0.2) is 4.98 Å². The van der Waals surface area contributed by atoms with Crippen LogP contribution >= 0.6 is 0 Å². The van der Waals surface area contributed by atoms with Crippen LogP contribution in [0.15, 0.2) is 17.4 Å². The van der Waals surface area contributed by atoms with E-state index in [-0.39, 0.29) is 5.84 Å². The molecular formula is C9H14N4O. The predicted molar refractivity (Wildman–Crippen MR) is 55.8 cm³/mol. The molecule has 0 bridgehead atoms. The van der Waals surface area contributed by atoms with Gasteiger partial charge in [-0.2, -0.15) is 0 Å². The summed E-state index contributed by atoms with van der Waals surface area (Å²) in [5.74, 6) is 0.777. The second-order valence-corrected chi connectivity index (χ2v) is 3.21. The molecule has 14 heavy (non-hydrogen) atoms. The molecule has 0 fully saturated rings. The minimum Gasteiger partial charge on any atom is -0.409 e. The summed E-state index contributed by atoms with van der Waals surface area (Å²) in [4.78, 5) is 5.98. The van der Waals surface area contributed by atoms with Crippen molar-refractivity contribution in [3.63, 3.8) is 0 Å². The lowest BCUT2D eigenvalue weighted by atomic mass is 10.1. The van der Waals surface area contributed by atoms with Crippen molar-refractivity contribution in [3.05, 3.63) is 23.4 Å². The molecule has 0 aliphatic carbocycles. The number of nitrogens with zero attached hydrogens (tertiary/aromatic N) is 3. The van der Waals surface area contributed by atoms with Crippen molar-refractivity contribution in [2.24, 2.45) is 10.9 Å². The number of hydrogen-bond acceptors (Lipinski definition) is 4. The molecule has 0 amide bonds. The molecule has 1 heterocycles. The summed E-state index contributed by atoms with van der Waals surface area (Å²) in [7, 11) is 3.71. The topological polar surface area (TPSA) is 74.7 Å². The van der Waals surface area contributed by atoms with Crippen molar-refractivity contribution in [2.45, 2.75) is 6.92 Å². The Labute approximate surface area is 82.9 Å². The predicted octanol–water partition coefficient (Wildman–Crippen LogP) is 0.551. The maximum absolute atomic E-state index is 8.64. The Balaban J connectivity index is 3.37. The molecule has 0 saturated carbocycles. The van der Waals surface area contributed by atoms with Gasteiger partial charge in [-0.3, -0.25) is 0 Å². The summed E-state index contributed by atoms with van der Waals surface area (Å²) in [5.41, 5.74) is 7.16. The van der Waals surface area contributed by atoms with Crippen LogP contribution in [-0.4, -0.2) is 30.1 Å². The summed E-state index contributed by atoms with van der Waals surface area (Å²) in [5, 5.41) is 11.6. The molecule has 0 aliphatic heterocycles. The van der Waals surface area contributed by atoms with Crippen LogP contribution in [0.5, 0.6) is 0 Å². The second-order valence-electron chi connectivity index (χ2n) is 3.21. The standard InChI is InChI=1S/C9H14N4O/c1-6-4-5-11-9(13(2)3)7(6)8(10)12-14/h4-5,14H,1-3H3,(H2,10,12). The van der Waals surface area contributed by atoms with Gasteiger partial charge in [0.05, 0.1) is 5.56 Å². The maximum atomic E-state index is 8.64. The van der Waals surface area contributed by atoms with Gasteiger partial charge in [0.25, 0.3) is 0 Å².